The fourth-order valence-corrected chi connectivity index (χ4v) is 2.56. The Morgan fingerprint density at radius 1 is 1.32 bits per heavy atom. The first-order chi connectivity index (χ1) is 10.6. The largest absolute Gasteiger partial charge is 0.384 e. The molecule has 6 nitrogen and oxygen atoms in total. The van der Waals surface area contributed by atoms with Crippen LogP contribution in [0.25, 0.3) is 0 Å². The summed E-state index contributed by atoms with van der Waals surface area (Å²) in [6.07, 6.45) is -0.273. The Hall–Kier alpha value is -2.47. The van der Waals surface area contributed by atoms with Gasteiger partial charge in [-0.1, -0.05) is 18.2 Å². The molecule has 0 radical (unpaired) electrons. The Bertz CT molecular complexity index is 655. The predicted octanol–water partition coefficient (Wildman–Crippen LogP) is 1.58. The number of rotatable bonds is 2. The number of ether oxygens (including phenoxy) is 1. The average Bonchev–Trinajstić information content (AvgIpc) is 2.54. The molecule has 1 saturated heterocycles. The molecule has 1 aliphatic heterocycles. The Morgan fingerprint density at radius 2 is 2.09 bits per heavy atom. The molecule has 0 aliphatic carbocycles. The van der Waals surface area contributed by atoms with Crippen LogP contribution in [-0.2, 0) is 4.74 Å². The molecule has 1 atom stereocenters. The van der Waals surface area contributed by atoms with Gasteiger partial charge in [0.05, 0.1) is 18.8 Å². The highest BCUT2D eigenvalue weighted by atomic mass is 16.5. The Balaban J connectivity index is 1.78. The molecule has 1 aromatic heterocycles. The molecule has 22 heavy (non-hydrogen) atoms. The van der Waals surface area contributed by atoms with Gasteiger partial charge in [0, 0.05) is 18.2 Å². The molecule has 1 aliphatic rings. The van der Waals surface area contributed by atoms with Crippen LogP contribution in [0.15, 0.2) is 36.4 Å². The third-order valence-electron chi connectivity index (χ3n) is 3.58. The maximum Gasteiger partial charge on any atom is 0.254 e. The van der Waals surface area contributed by atoms with Crippen LogP contribution in [0, 0.1) is 6.92 Å². The van der Waals surface area contributed by atoms with Crippen molar-refractivity contribution >= 4 is 11.7 Å². The topological polar surface area (TPSA) is 81.3 Å². The number of benzene rings is 1. The maximum absolute atomic E-state index is 12.5. The van der Waals surface area contributed by atoms with E-state index in [9.17, 15) is 4.79 Å². The quantitative estimate of drug-likeness (QED) is 0.910. The molecule has 0 spiro atoms. The molecule has 2 aromatic rings. The van der Waals surface area contributed by atoms with Crippen molar-refractivity contribution in [2.45, 2.75) is 13.0 Å². The van der Waals surface area contributed by atoms with Gasteiger partial charge in [0.25, 0.3) is 5.91 Å². The van der Waals surface area contributed by atoms with Gasteiger partial charge in [-0.05, 0) is 19.1 Å². The number of nitrogens with zero attached hydrogens (tertiary/aromatic N) is 3. The first-order valence-electron chi connectivity index (χ1n) is 7.20. The fraction of sp³-hybridized carbons (Fsp3) is 0.312. The molecule has 6 heteroatoms. The van der Waals surface area contributed by atoms with E-state index in [1.165, 1.54) is 0 Å². The van der Waals surface area contributed by atoms with Crippen molar-refractivity contribution in [3.05, 3.63) is 53.5 Å². The lowest BCUT2D eigenvalue weighted by Gasteiger charge is -2.32. The number of nitrogen functional groups attached to an aromatic ring is 1. The van der Waals surface area contributed by atoms with Crippen LogP contribution in [0.1, 0.15) is 28.0 Å². The van der Waals surface area contributed by atoms with Gasteiger partial charge < -0.3 is 15.4 Å². The number of aryl methyl sites for hydroxylation is 1. The van der Waals surface area contributed by atoms with Gasteiger partial charge in [0.15, 0.2) is 0 Å². The van der Waals surface area contributed by atoms with E-state index in [1.807, 2.05) is 30.3 Å². The zero-order valence-corrected chi connectivity index (χ0v) is 12.4. The fourth-order valence-electron chi connectivity index (χ4n) is 2.56. The third-order valence-corrected chi connectivity index (χ3v) is 3.58. The van der Waals surface area contributed by atoms with E-state index in [-0.39, 0.29) is 12.0 Å². The van der Waals surface area contributed by atoms with E-state index in [2.05, 4.69) is 9.97 Å². The standard InChI is InChI=1S/C16H18N4O2/c1-11-18-13(9-15(17)19-11)14-10-20(7-8-22-14)16(21)12-5-3-2-4-6-12/h2-6,9,14H,7-8,10H2,1H3,(H2,17,18,19)/t14-/m0/s1. The van der Waals surface area contributed by atoms with Crippen LogP contribution in [0.2, 0.25) is 0 Å². The second-order valence-corrected chi connectivity index (χ2v) is 5.24. The first-order valence-corrected chi connectivity index (χ1v) is 7.20. The van der Waals surface area contributed by atoms with Crippen LogP contribution in [0.5, 0.6) is 0 Å². The van der Waals surface area contributed by atoms with Gasteiger partial charge in [-0.2, -0.15) is 0 Å². The van der Waals surface area contributed by atoms with E-state index in [0.29, 0.717) is 36.9 Å². The number of aromatic nitrogens is 2. The van der Waals surface area contributed by atoms with Gasteiger partial charge in [-0.15, -0.1) is 0 Å². The predicted molar refractivity (Wildman–Crippen MR) is 82.2 cm³/mol. The molecule has 1 fully saturated rings. The number of hydrogen-bond donors (Lipinski definition) is 1. The van der Waals surface area contributed by atoms with Crippen molar-refractivity contribution in [2.75, 3.05) is 25.4 Å². The smallest absolute Gasteiger partial charge is 0.254 e. The summed E-state index contributed by atoms with van der Waals surface area (Å²) in [6.45, 7) is 3.30. The highest BCUT2D eigenvalue weighted by Gasteiger charge is 2.27. The molecule has 114 valence electrons. The van der Waals surface area contributed by atoms with Crippen molar-refractivity contribution in [2.24, 2.45) is 0 Å². The van der Waals surface area contributed by atoms with Gasteiger partial charge in [-0.25, -0.2) is 9.97 Å². The average molecular weight is 298 g/mol. The maximum atomic E-state index is 12.5. The summed E-state index contributed by atoms with van der Waals surface area (Å²) in [4.78, 5) is 22.7. The molecule has 1 amide bonds. The van der Waals surface area contributed by atoms with E-state index >= 15 is 0 Å². The first kappa shape index (κ1) is 14.5. The van der Waals surface area contributed by atoms with Crippen molar-refractivity contribution in [3.63, 3.8) is 0 Å². The normalized spacial score (nSPS) is 18.2. The van der Waals surface area contributed by atoms with Gasteiger partial charge in [0.1, 0.15) is 17.7 Å². The zero-order chi connectivity index (χ0) is 15.5. The van der Waals surface area contributed by atoms with Crippen molar-refractivity contribution < 1.29 is 9.53 Å². The molecule has 0 unspecified atom stereocenters. The van der Waals surface area contributed by atoms with Crippen molar-refractivity contribution in [1.82, 2.24) is 14.9 Å². The van der Waals surface area contributed by atoms with Crippen LogP contribution >= 0.6 is 0 Å². The molecule has 0 bridgehead atoms. The number of nitrogens with two attached hydrogens (primary N) is 1. The lowest BCUT2D eigenvalue weighted by Crippen LogP contribution is -2.42. The van der Waals surface area contributed by atoms with Crippen LogP contribution in [0.3, 0.4) is 0 Å². The van der Waals surface area contributed by atoms with Crippen molar-refractivity contribution in [1.29, 1.82) is 0 Å². The summed E-state index contributed by atoms with van der Waals surface area (Å²) in [5.74, 6) is 1.02. The summed E-state index contributed by atoms with van der Waals surface area (Å²) in [5.41, 5.74) is 7.16. The van der Waals surface area contributed by atoms with E-state index in [1.54, 1.807) is 17.9 Å². The Labute approximate surface area is 128 Å². The molecule has 1 aromatic carbocycles. The lowest BCUT2D eigenvalue weighted by atomic mass is 10.1. The van der Waals surface area contributed by atoms with Gasteiger partial charge in [0.2, 0.25) is 0 Å². The number of anilines is 1. The van der Waals surface area contributed by atoms with Crippen LogP contribution in [-0.4, -0.2) is 40.5 Å². The number of hydrogen-bond acceptors (Lipinski definition) is 5. The second kappa shape index (κ2) is 6.11. The monoisotopic (exact) mass is 298 g/mol. The molecule has 3 rings (SSSR count). The summed E-state index contributed by atoms with van der Waals surface area (Å²) >= 11 is 0. The Morgan fingerprint density at radius 3 is 2.82 bits per heavy atom. The molecule has 2 N–H and O–H groups in total. The zero-order valence-electron chi connectivity index (χ0n) is 12.4. The van der Waals surface area contributed by atoms with Crippen molar-refractivity contribution in [3.8, 4) is 0 Å². The molecule has 2 heterocycles. The summed E-state index contributed by atoms with van der Waals surface area (Å²) in [7, 11) is 0. The Kier molecular flexibility index (Phi) is 4.02. The number of carbonyl (C=O) groups is 1. The molecule has 0 saturated carbocycles. The van der Waals surface area contributed by atoms with E-state index in [0.717, 1.165) is 5.69 Å². The van der Waals surface area contributed by atoms with E-state index < -0.39 is 0 Å². The number of amides is 1. The summed E-state index contributed by atoms with van der Waals surface area (Å²) in [5, 5.41) is 0. The highest BCUT2D eigenvalue weighted by molar-refractivity contribution is 5.94. The van der Waals surface area contributed by atoms with Crippen LogP contribution < -0.4 is 5.73 Å². The summed E-state index contributed by atoms with van der Waals surface area (Å²) < 4.78 is 5.75. The molecular weight excluding hydrogens is 280 g/mol. The minimum Gasteiger partial charge on any atom is -0.384 e. The summed E-state index contributed by atoms with van der Waals surface area (Å²) in [6, 6.07) is 11.0. The van der Waals surface area contributed by atoms with Gasteiger partial charge in [-0.3, -0.25) is 4.79 Å². The number of carbonyl (C=O) groups excluding carboxylic acids is 1. The lowest BCUT2D eigenvalue weighted by molar-refractivity contribution is -0.0248. The highest BCUT2D eigenvalue weighted by Crippen LogP contribution is 2.23. The third kappa shape index (κ3) is 3.07. The molecular formula is C16H18N4O2. The number of morpholine rings is 1. The minimum atomic E-state index is -0.273. The van der Waals surface area contributed by atoms with Crippen LogP contribution in [0.4, 0.5) is 5.82 Å². The van der Waals surface area contributed by atoms with Gasteiger partial charge >= 0.3 is 0 Å². The van der Waals surface area contributed by atoms with E-state index in [4.69, 9.17) is 10.5 Å². The minimum absolute atomic E-state index is 0.00708. The second-order valence-electron chi connectivity index (χ2n) is 5.24. The SMILES string of the molecule is Cc1nc(N)cc([C@@H]2CN(C(=O)c3ccccc3)CCO2)n1.